The lowest BCUT2D eigenvalue weighted by atomic mass is 10.2. The maximum absolute atomic E-state index is 5.73. The first-order valence-electron chi connectivity index (χ1n) is 9.15. The molecule has 1 aliphatic heterocycles. The molecule has 0 saturated heterocycles. The Balaban J connectivity index is 1.27. The molecule has 0 aliphatic carbocycles. The fourth-order valence-corrected chi connectivity index (χ4v) is 3.54. The van der Waals surface area contributed by atoms with Crippen molar-refractivity contribution in [3.8, 4) is 45.8 Å². The minimum atomic E-state index is 0.207. The van der Waals surface area contributed by atoms with Gasteiger partial charge >= 0.3 is 0 Å². The summed E-state index contributed by atoms with van der Waals surface area (Å²) in [6.07, 6.45) is 0. The number of thioether (sulfide) groups is 1. The smallest absolute Gasteiger partial charge is 0.277 e. The summed E-state index contributed by atoms with van der Waals surface area (Å²) in [7, 11) is 3.16. The molecule has 10 nitrogen and oxygen atoms in total. The predicted molar refractivity (Wildman–Crippen MR) is 108 cm³/mol. The summed E-state index contributed by atoms with van der Waals surface area (Å²) in [5, 5.41) is 12.6. The summed E-state index contributed by atoms with van der Waals surface area (Å²) in [6.45, 7) is 0.207. The molecule has 158 valence electrons. The van der Waals surface area contributed by atoms with Gasteiger partial charge in [-0.25, -0.2) is 0 Å². The lowest BCUT2D eigenvalue weighted by Crippen LogP contribution is -1.92. The second kappa shape index (κ2) is 8.19. The molecule has 0 N–H and O–H groups in total. The van der Waals surface area contributed by atoms with Crippen LogP contribution < -0.4 is 18.9 Å². The molecule has 11 heteroatoms. The monoisotopic (exact) mass is 440 g/mol. The van der Waals surface area contributed by atoms with Crippen molar-refractivity contribution in [3.05, 3.63) is 42.3 Å². The highest BCUT2D eigenvalue weighted by atomic mass is 32.2. The number of aromatic nitrogens is 4. The van der Waals surface area contributed by atoms with Gasteiger partial charge in [0.2, 0.25) is 24.4 Å². The highest BCUT2D eigenvalue weighted by Gasteiger charge is 2.18. The van der Waals surface area contributed by atoms with Gasteiger partial charge in [-0.1, -0.05) is 16.9 Å². The van der Waals surface area contributed by atoms with Gasteiger partial charge in [0, 0.05) is 11.6 Å². The van der Waals surface area contributed by atoms with Crippen LogP contribution in [0.2, 0.25) is 0 Å². The normalized spacial score (nSPS) is 12.2. The zero-order chi connectivity index (χ0) is 21.2. The maximum Gasteiger partial charge on any atom is 0.277 e. The minimum Gasteiger partial charge on any atom is -0.497 e. The van der Waals surface area contributed by atoms with E-state index in [0.29, 0.717) is 57.1 Å². The molecular weight excluding hydrogens is 424 g/mol. The molecule has 0 fully saturated rings. The Morgan fingerprint density at radius 3 is 2.77 bits per heavy atom. The second-order valence-electron chi connectivity index (χ2n) is 6.31. The average molecular weight is 440 g/mol. The summed E-state index contributed by atoms with van der Waals surface area (Å²) in [4.78, 5) is 4.42. The highest BCUT2D eigenvalue weighted by molar-refractivity contribution is 7.98. The molecule has 0 unspecified atom stereocenters. The molecule has 0 saturated carbocycles. The molecule has 2 aromatic carbocycles. The molecule has 0 atom stereocenters. The van der Waals surface area contributed by atoms with Gasteiger partial charge in [0.25, 0.3) is 5.22 Å². The van der Waals surface area contributed by atoms with Gasteiger partial charge in [0.15, 0.2) is 11.5 Å². The van der Waals surface area contributed by atoms with Crippen molar-refractivity contribution in [2.75, 3.05) is 21.0 Å². The van der Waals surface area contributed by atoms with E-state index >= 15 is 0 Å². The van der Waals surface area contributed by atoms with E-state index < -0.39 is 0 Å². The summed E-state index contributed by atoms with van der Waals surface area (Å²) >= 11 is 1.30. The van der Waals surface area contributed by atoms with Crippen molar-refractivity contribution in [3.63, 3.8) is 0 Å². The number of hydrogen-bond acceptors (Lipinski definition) is 11. The molecule has 3 heterocycles. The Labute approximate surface area is 180 Å². The fraction of sp³-hybridized carbons (Fsp3) is 0.200. The summed E-state index contributed by atoms with van der Waals surface area (Å²) in [6, 6.07) is 10.8. The lowest BCUT2D eigenvalue weighted by Gasteiger charge is -2.07. The Bertz CT molecular complexity index is 1220. The van der Waals surface area contributed by atoms with Gasteiger partial charge in [0.05, 0.1) is 25.5 Å². The van der Waals surface area contributed by atoms with Crippen molar-refractivity contribution >= 4 is 11.8 Å². The molecule has 0 bridgehead atoms. The summed E-state index contributed by atoms with van der Waals surface area (Å²) < 4.78 is 32.4. The van der Waals surface area contributed by atoms with Gasteiger partial charge in [0.1, 0.15) is 11.5 Å². The largest absolute Gasteiger partial charge is 0.497 e. The van der Waals surface area contributed by atoms with Crippen molar-refractivity contribution in [2.45, 2.75) is 11.0 Å². The third-order valence-corrected chi connectivity index (χ3v) is 5.27. The van der Waals surface area contributed by atoms with E-state index in [9.17, 15) is 0 Å². The number of fused-ring (bicyclic) bond motifs is 1. The molecular formula is C20H16N4O6S. The van der Waals surface area contributed by atoms with Crippen molar-refractivity contribution in [2.24, 2.45) is 0 Å². The van der Waals surface area contributed by atoms with Crippen LogP contribution in [0.3, 0.4) is 0 Å². The molecule has 0 amide bonds. The summed E-state index contributed by atoms with van der Waals surface area (Å²) in [5.74, 6) is 4.20. The van der Waals surface area contributed by atoms with Crippen molar-refractivity contribution < 1.29 is 27.9 Å². The van der Waals surface area contributed by atoms with Crippen LogP contribution in [-0.2, 0) is 5.75 Å². The van der Waals surface area contributed by atoms with Crippen LogP contribution in [0.5, 0.6) is 23.0 Å². The molecule has 5 rings (SSSR count). The number of methoxy groups -OCH3 is 2. The Morgan fingerprint density at radius 2 is 1.90 bits per heavy atom. The van der Waals surface area contributed by atoms with E-state index in [2.05, 4.69) is 20.3 Å². The standard InChI is InChI=1S/C20H16N4O6S/c1-25-12-4-5-13(15(8-12)26-2)18-21-17(30-24-18)9-31-20-23-22-19(29-20)11-3-6-14-16(7-11)28-10-27-14/h3-8H,9-10H2,1-2H3. The van der Waals surface area contributed by atoms with E-state index in [1.165, 1.54) is 11.8 Å². The van der Waals surface area contributed by atoms with E-state index in [-0.39, 0.29) is 6.79 Å². The zero-order valence-corrected chi connectivity index (χ0v) is 17.3. The number of rotatable bonds is 7. The molecule has 31 heavy (non-hydrogen) atoms. The summed E-state index contributed by atoms with van der Waals surface area (Å²) in [5.41, 5.74) is 1.45. The Morgan fingerprint density at radius 1 is 1.00 bits per heavy atom. The number of benzene rings is 2. The van der Waals surface area contributed by atoms with Crippen LogP contribution in [0.25, 0.3) is 22.8 Å². The lowest BCUT2D eigenvalue weighted by molar-refractivity contribution is 0.174. The predicted octanol–water partition coefficient (Wildman–Crippen LogP) is 3.82. The van der Waals surface area contributed by atoms with Crippen LogP contribution in [0, 0.1) is 0 Å². The first-order chi connectivity index (χ1) is 15.2. The van der Waals surface area contributed by atoms with E-state index in [1.807, 2.05) is 18.2 Å². The molecule has 1 aliphatic rings. The number of ether oxygens (including phenoxy) is 4. The van der Waals surface area contributed by atoms with E-state index in [4.69, 9.17) is 27.9 Å². The van der Waals surface area contributed by atoms with Crippen LogP contribution in [0.15, 0.2) is 50.6 Å². The van der Waals surface area contributed by atoms with Gasteiger partial charge < -0.3 is 27.9 Å². The zero-order valence-electron chi connectivity index (χ0n) is 16.5. The average Bonchev–Trinajstić information content (AvgIpc) is 3.57. The topological polar surface area (TPSA) is 115 Å². The highest BCUT2D eigenvalue weighted by Crippen LogP contribution is 2.36. The van der Waals surface area contributed by atoms with Crippen LogP contribution >= 0.6 is 11.8 Å². The number of nitrogens with zero attached hydrogens (tertiary/aromatic N) is 4. The first kappa shape index (κ1) is 19.2. The third kappa shape index (κ3) is 3.87. The van der Waals surface area contributed by atoms with Crippen LogP contribution in [0.1, 0.15) is 5.89 Å². The van der Waals surface area contributed by atoms with E-state index in [0.717, 1.165) is 5.56 Å². The minimum absolute atomic E-state index is 0.207. The quantitative estimate of drug-likeness (QED) is 0.391. The second-order valence-corrected chi connectivity index (χ2v) is 7.23. The molecule has 4 aromatic rings. The Kier molecular flexibility index (Phi) is 5.08. The third-order valence-electron chi connectivity index (χ3n) is 4.46. The molecule has 2 aromatic heterocycles. The van der Waals surface area contributed by atoms with E-state index in [1.54, 1.807) is 32.4 Å². The van der Waals surface area contributed by atoms with Crippen molar-refractivity contribution in [1.29, 1.82) is 0 Å². The van der Waals surface area contributed by atoms with Crippen LogP contribution in [0.4, 0.5) is 0 Å². The van der Waals surface area contributed by atoms with Gasteiger partial charge in [-0.15, -0.1) is 10.2 Å². The van der Waals surface area contributed by atoms with Gasteiger partial charge in [-0.05, 0) is 30.3 Å². The van der Waals surface area contributed by atoms with Crippen molar-refractivity contribution in [1.82, 2.24) is 20.3 Å². The molecule has 0 spiro atoms. The van der Waals surface area contributed by atoms with Crippen LogP contribution in [-0.4, -0.2) is 41.4 Å². The molecule has 0 radical (unpaired) electrons. The first-order valence-corrected chi connectivity index (χ1v) is 10.1. The number of hydrogen-bond donors (Lipinski definition) is 0. The fourth-order valence-electron chi connectivity index (χ4n) is 2.94. The SMILES string of the molecule is COc1ccc(-c2noc(CSc3nnc(-c4ccc5c(c4)OCO5)o3)n2)c(OC)c1. The maximum atomic E-state index is 5.73. The van der Waals surface area contributed by atoms with Gasteiger partial charge in [-0.3, -0.25) is 0 Å². The Hall–Kier alpha value is -3.73. The van der Waals surface area contributed by atoms with Gasteiger partial charge in [-0.2, -0.15) is 4.98 Å².